The maximum absolute atomic E-state index is 8.77. The minimum Gasteiger partial charge on any atom is -0.469 e. The molecule has 0 amide bonds. The molecular weight excluding hydrogens is 295 g/mol. The van der Waals surface area contributed by atoms with Gasteiger partial charge in [0.15, 0.2) is 0 Å². The molecule has 0 bridgehead atoms. The summed E-state index contributed by atoms with van der Waals surface area (Å²) in [5.41, 5.74) is -2.72. The molecular formula is C8H16Cl2O8. The summed E-state index contributed by atoms with van der Waals surface area (Å²) in [5, 5.41) is 30.9. The first-order valence-electron chi connectivity index (χ1n) is 4.52. The summed E-state index contributed by atoms with van der Waals surface area (Å²) in [7, 11) is 0. The Morgan fingerprint density at radius 3 is 1.17 bits per heavy atom. The van der Waals surface area contributed by atoms with E-state index in [1.807, 2.05) is 0 Å². The molecule has 8 nitrogen and oxygen atoms in total. The molecule has 0 aliphatic rings. The van der Waals surface area contributed by atoms with Crippen molar-refractivity contribution in [3.8, 4) is 0 Å². The molecule has 110 valence electrons. The third kappa shape index (κ3) is 78.3. The number of hydrogen-bond acceptors (Lipinski definition) is 6. The fourth-order valence-corrected chi connectivity index (χ4v) is 0.451. The number of carboxylic acid groups (broad SMARTS) is 2. The van der Waals surface area contributed by atoms with Gasteiger partial charge >= 0.3 is 10.9 Å². The molecule has 0 saturated carbocycles. The Balaban J connectivity index is -0.000000233. The van der Waals surface area contributed by atoms with Crippen molar-refractivity contribution in [1.82, 2.24) is 0 Å². The van der Waals surface area contributed by atoms with Gasteiger partial charge in [-0.1, -0.05) is 0 Å². The Kier molecular flexibility index (Phi) is 27.1. The Hall–Kier alpha value is -0.640. The highest BCUT2D eigenvalue weighted by Gasteiger charge is 1.86. The fourth-order valence-electron chi connectivity index (χ4n) is 0.451. The zero-order valence-corrected chi connectivity index (χ0v) is 10.9. The molecule has 0 rings (SSSR count). The molecule has 18 heavy (non-hydrogen) atoms. The van der Waals surface area contributed by atoms with Crippen molar-refractivity contribution in [2.24, 2.45) is 0 Å². The standard InChI is InChI=1S/C6H14O4.2CHClO2/c7-1-3-9-5-6-10-4-2-8;2*2-1(3)4/h7-8H,1-6H2;2*(H,3,4). The van der Waals surface area contributed by atoms with Gasteiger partial charge in [-0.15, -0.1) is 0 Å². The van der Waals surface area contributed by atoms with E-state index in [2.05, 4.69) is 23.2 Å². The number of aliphatic hydroxyl groups is 2. The third-order valence-corrected chi connectivity index (χ3v) is 0.843. The van der Waals surface area contributed by atoms with Gasteiger partial charge in [0, 0.05) is 23.2 Å². The van der Waals surface area contributed by atoms with Crippen molar-refractivity contribution >= 4 is 34.1 Å². The van der Waals surface area contributed by atoms with Crippen molar-refractivity contribution in [1.29, 1.82) is 0 Å². The number of ether oxygens (including phenoxy) is 2. The predicted octanol–water partition coefficient (Wildman–Crippen LogP) is 0.811. The molecule has 0 saturated heterocycles. The van der Waals surface area contributed by atoms with Crippen molar-refractivity contribution in [2.45, 2.75) is 0 Å². The van der Waals surface area contributed by atoms with Crippen LogP contribution in [0.15, 0.2) is 0 Å². The first-order valence-corrected chi connectivity index (χ1v) is 5.28. The summed E-state index contributed by atoms with van der Waals surface area (Å²) in [6.07, 6.45) is 0. The number of rotatable bonds is 7. The van der Waals surface area contributed by atoms with Crippen LogP contribution in [-0.4, -0.2) is 70.9 Å². The molecule has 0 aliphatic carbocycles. The van der Waals surface area contributed by atoms with Crippen molar-refractivity contribution in [3.05, 3.63) is 0 Å². The van der Waals surface area contributed by atoms with Crippen LogP contribution in [-0.2, 0) is 9.47 Å². The molecule has 0 aromatic heterocycles. The van der Waals surface area contributed by atoms with Crippen LogP contribution in [0.5, 0.6) is 0 Å². The fraction of sp³-hybridized carbons (Fsp3) is 0.750. The number of aliphatic hydroxyl groups excluding tert-OH is 2. The van der Waals surface area contributed by atoms with Gasteiger partial charge in [0.1, 0.15) is 0 Å². The lowest BCUT2D eigenvalue weighted by Crippen LogP contribution is -2.09. The first-order chi connectivity index (χ1) is 8.38. The summed E-state index contributed by atoms with van der Waals surface area (Å²) in [6.45, 7) is 1.73. The van der Waals surface area contributed by atoms with Gasteiger partial charge in [-0.2, -0.15) is 0 Å². The number of halogens is 2. The molecule has 0 aromatic carbocycles. The van der Waals surface area contributed by atoms with E-state index >= 15 is 0 Å². The maximum atomic E-state index is 8.77. The van der Waals surface area contributed by atoms with Crippen LogP contribution < -0.4 is 0 Å². The average molecular weight is 311 g/mol. The number of hydrogen-bond donors (Lipinski definition) is 4. The van der Waals surface area contributed by atoms with E-state index in [1.165, 1.54) is 0 Å². The van der Waals surface area contributed by atoms with Gasteiger partial charge in [-0.25, -0.2) is 9.59 Å². The summed E-state index contributed by atoms with van der Waals surface area (Å²) in [5.74, 6) is 0. The Bertz CT molecular complexity index is 162. The molecule has 0 spiro atoms. The molecule has 10 heteroatoms. The molecule has 0 unspecified atom stereocenters. The highest BCUT2D eigenvalue weighted by molar-refractivity contribution is 6.60. The third-order valence-electron chi connectivity index (χ3n) is 0.843. The largest absolute Gasteiger partial charge is 0.469 e. The second-order valence-electron chi connectivity index (χ2n) is 2.18. The zero-order valence-electron chi connectivity index (χ0n) is 9.42. The molecule has 0 heterocycles. The van der Waals surface area contributed by atoms with Gasteiger partial charge in [0.25, 0.3) is 0 Å². The Morgan fingerprint density at radius 1 is 0.778 bits per heavy atom. The molecule has 0 aliphatic heterocycles. The van der Waals surface area contributed by atoms with E-state index in [4.69, 9.17) is 39.5 Å². The topological polar surface area (TPSA) is 134 Å². The summed E-state index contributed by atoms with van der Waals surface area (Å²) < 4.78 is 9.75. The van der Waals surface area contributed by atoms with Gasteiger partial charge in [0.2, 0.25) is 0 Å². The van der Waals surface area contributed by atoms with Crippen LogP contribution in [0.25, 0.3) is 0 Å². The minimum absolute atomic E-state index is 0.0417. The van der Waals surface area contributed by atoms with Crippen molar-refractivity contribution in [2.75, 3.05) is 39.6 Å². The second kappa shape index (κ2) is 21.6. The molecule has 0 radical (unpaired) electrons. The highest BCUT2D eigenvalue weighted by Crippen LogP contribution is 1.76. The molecule has 0 atom stereocenters. The quantitative estimate of drug-likeness (QED) is 0.401. The summed E-state index contributed by atoms with van der Waals surface area (Å²) in [6, 6.07) is 0. The van der Waals surface area contributed by atoms with Crippen LogP contribution in [0.1, 0.15) is 0 Å². The second-order valence-corrected chi connectivity index (χ2v) is 2.82. The van der Waals surface area contributed by atoms with E-state index in [0.29, 0.717) is 26.4 Å². The predicted molar refractivity (Wildman–Crippen MR) is 63.6 cm³/mol. The van der Waals surface area contributed by atoms with Gasteiger partial charge in [0.05, 0.1) is 39.6 Å². The number of carbonyl (C=O) groups is 2. The van der Waals surface area contributed by atoms with Gasteiger partial charge in [-0.3, -0.25) is 0 Å². The van der Waals surface area contributed by atoms with E-state index in [9.17, 15) is 0 Å². The zero-order chi connectivity index (χ0) is 14.8. The van der Waals surface area contributed by atoms with Crippen molar-refractivity contribution in [3.63, 3.8) is 0 Å². The summed E-state index contributed by atoms with van der Waals surface area (Å²) >= 11 is 8.38. The molecule has 0 fully saturated rings. The smallest absolute Gasteiger partial charge is 0.401 e. The van der Waals surface area contributed by atoms with Crippen molar-refractivity contribution < 1.29 is 39.5 Å². The average Bonchev–Trinajstić information content (AvgIpc) is 2.22. The first kappa shape index (κ1) is 22.5. The highest BCUT2D eigenvalue weighted by atomic mass is 35.5. The SMILES string of the molecule is O=C(O)Cl.O=C(O)Cl.OCCOCCOCCO. The lowest BCUT2D eigenvalue weighted by molar-refractivity contribution is 0.0222. The van der Waals surface area contributed by atoms with E-state index in [0.717, 1.165) is 0 Å². The lowest BCUT2D eigenvalue weighted by Gasteiger charge is -2.01. The molecule has 4 N–H and O–H groups in total. The monoisotopic (exact) mass is 310 g/mol. The lowest BCUT2D eigenvalue weighted by atomic mass is 10.7. The van der Waals surface area contributed by atoms with Crippen LogP contribution >= 0.6 is 23.2 Å². The summed E-state index contributed by atoms with van der Waals surface area (Å²) in [4.78, 5) is 17.5. The van der Waals surface area contributed by atoms with Crippen LogP contribution in [0.3, 0.4) is 0 Å². The maximum Gasteiger partial charge on any atom is 0.401 e. The molecule has 0 aromatic rings. The Labute approximate surface area is 114 Å². The van der Waals surface area contributed by atoms with E-state index in [1.54, 1.807) is 0 Å². The minimum atomic E-state index is -1.36. The van der Waals surface area contributed by atoms with E-state index in [-0.39, 0.29) is 13.2 Å². The Morgan fingerprint density at radius 2 is 1.00 bits per heavy atom. The van der Waals surface area contributed by atoms with Crippen LogP contribution in [0, 0.1) is 0 Å². The van der Waals surface area contributed by atoms with E-state index < -0.39 is 10.9 Å². The normalized spacial score (nSPS) is 8.44. The van der Waals surface area contributed by atoms with Gasteiger partial charge < -0.3 is 29.9 Å². The van der Waals surface area contributed by atoms with Crippen LogP contribution in [0.2, 0.25) is 0 Å². The van der Waals surface area contributed by atoms with Crippen LogP contribution in [0.4, 0.5) is 9.59 Å². The van der Waals surface area contributed by atoms with Gasteiger partial charge in [-0.05, 0) is 0 Å².